The SMILES string of the molecule is CCCCCc1ccc(C(F)(F)OC2=CCC(C#Cc3ccc(C#Cc4cc(F)c(OC(F)(F)F)c(F)c4)c(F)c3)C(F)=C2)c(F)c1. The first kappa shape index (κ1) is 35.0. The van der Waals surface area contributed by atoms with Crippen LogP contribution >= 0.6 is 0 Å². The van der Waals surface area contributed by atoms with Gasteiger partial charge in [-0.3, -0.25) is 0 Å². The second-order valence-electron chi connectivity index (χ2n) is 10.3. The van der Waals surface area contributed by atoms with E-state index in [1.807, 2.05) is 6.92 Å². The number of alkyl halides is 5. The maximum Gasteiger partial charge on any atom is 0.573 e. The van der Waals surface area contributed by atoms with E-state index in [0.29, 0.717) is 30.2 Å². The van der Waals surface area contributed by atoms with Gasteiger partial charge in [-0.15, -0.1) is 13.2 Å². The van der Waals surface area contributed by atoms with Gasteiger partial charge in [-0.05, 0) is 73.4 Å². The largest absolute Gasteiger partial charge is 0.573 e. The van der Waals surface area contributed by atoms with Crippen LogP contribution in [0.2, 0.25) is 0 Å². The van der Waals surface area contributed by atoms with Crippen molar-refractivity contribution >= 4 is 0 Å². The molecule has 0 aromatic heterocycles. The highest BCUT2D eigenvalue weighted by atomic mass is 19.4. The minimum absolute atomic E-state index is 0.0813. The van der Waals surface area contributed by atoms with Crippen LogP contribution in [0.1, 0.15) is 60.4 Å². The lowest BCUT2D eigenvalue weighted by atomic mass is 9.98. The smallest absolute Gasteiger partial charge is 0.429 e. The van der Waals surface area contributed by atoms with Gasteiger partial charge < -0.3 is 9.47 Å². The van der Waals surface area contributed by atoms with Crippen molar-refractivity contribution < 1.29 is 53.4 Å². The first-order valence-electron chi connectivity index (χ1n) is 14.2. The van der Waals surface area contributed by atoms with Crippen molar-refractivity contribution in [2.24, 2.45) is 5.92 Å². The Kier molecular flexibility index (Phi) is 11.0. The van der Waals surface area contributed by atoms with Gasteiger partial charge in [-0.25, -0.2) is 22.0 Å². The molecule has 0 radical (unpaired) electrons. The molecule has 0 aliphatic heterocycles. The normalized spacial score (nSPS) is 14.7. The fourth-order valence-corrected chi connectivity index (χ4v) is 4.42. The minimum Gasteiger partial charge on any atom is -0.429 e. The van der Waals surface area contributed by atoms with E-state index in [0.717, 1.165) is 43.5 Å². The molecule has 0 spiro atoms. The highest BCUT2D eigenvalue weighted by Crippen LogP contribution is 2.37. The molecule has 0 saturated heterocycles. The maximum absolute atomic E-state index is 14.8. The Labute approximate surface area is 263 Å². The van der Waals surface area contributed by atoms with Gasteiger partial charge in [0.2, 0.25) is 5.75 Å². The van der Waals surface area contributed by atoms with Crippen LogP contribution in [0.5, 0.6) is 5.75 Å². The van der Waals surface area contributed by atoms with E-state index in [2.05, 4.69) is 33.2 Å². The summed E-state index contributed by atoms with van der Waals surface area (Å²) in [5, 5.41) is 0. The van der Waals surface area contributed by atoms with Gasteiger partial charge in [0.25, 0.3) is 0 Å². The molecule has 1 unspecified atom stereocenters. The molecule has 1 aliphatic carbocycles. The lowest BCUT2D eigenvalue weighted by Crippen LogP contribution is -2.20. The second-order valence-corrected chi connectivity index (χ2v) is 10.3. The Bertz CT molecular complexity index is 1790. The number of benzene rings is 3. The number of ether oxygens (including phenoxy) is 2. The molecule has 3 aromatic rings. The number of halogens is 10. The third kappa shape index (κ3) is 9.58. The van der Waals surface area contributed by atoms with Gasteiger partial charge in [0, 0.05) is 17.2 Å². The average molecular weight is 667 g/mol. The zero-order valence-corrected chi connectivity index (χ0v) is 24.5. The standard InChI is InChI=1S/C35H24F10O2/c1-2-3-4-5-21-9-15-27(30(38)17-21)34(41,42)46-26-14-13-25(29(37)20-26)11-7-22-6-10-24(28(36)16-22)12-8-23-18-31(39)33(32(40)19-23)47-35(43,44)45/h6,9-10,14-20,25H,2-5,13H2,1H3. The summed E-state index contributed by atoms with van der Waals surface area (Å²) in [6, 6.07) is 7.75. The predicted molar refractivity (Wildman–Crippen MR) is 152 cm³/mol. The Balaban J connectivity index is 1.40. The van der Waals surface area contributed by atoms with Crippen LogP contribution in [0.4, 0.5) is 43.9 Å². The van der Waals surface area contributed by atoms with Gasteiger partial charge in [0.05, 0.1) is 17.0 Å². The Morgan fingerprint density at radius 1 is 0.745 bits per heavy atom. The molecule has 4 rings (SSSR count). The molecule has 0 amide bonds. The molecule has 0 fully saturated rings. The van der Waals surface area contributed by atoms with E-state index in [4.69, 9.17) is 0 Å². The quantitative estimate of drug-likeness (QED) is 0.135. The molecule has 0 bridgehead atoms. The van der Waals surface area contributed by atoms with E-state index < -0.39 is 70.1 Å². The average Bonchev–Trinajstić information content (AvgIpc) is 2.97. The number of hydrogen-bond acceptors (Lipinski definition) is 2. The van der Waals surface area contributed by atoms with Crippen LogP contribution in [0.15, 0.2) is 72.3 Å². The highest BCUT2D eigenvalue weighted by molar-refractivity contribution is 5.48. The van der Waals surface area contributed by atoms with E-state index in [1.165, 1.54) is 18.2 Å². The van der Waals surface area contributed by atoms with Crippen LogP contribution in [0.25, 0.3) is 0 Å². The fraction of sp³-hybridized carbons (Fsp3) is 0.257. The van der Waals surface area contributed by atoms with Crippen molar-refractivity contribution in [3.63, 3.8) is 0 Å². The topological polar surface area (TPSA) is 18.5 Å². The summed E-state index contributed by atoms with van der Waals surface area (Å²) in [6.45, 7) is 2.00. The van der Waals surface area contributed by atoms with Crippen molar-refractivity contribution in [3.05, 3.63) is 123 Å². The number of rotatable bonds is 8. The van der Waals surface area contributed by atoms with Crippen molar-refractivity contribution in [2.45, 2.75) is 51.5 Å². The van der Waals surface area contributed by atoms with Crippen LogP contribution in [-0.4, -0.2) is 6.36 Å². The van der Waals surface area contributed by atoms with Gasteiger partial charge >= 0.3 is 12.5 Å². The molecule has 0 saturated carbocycles. The number of hydrogen-bond donors (Lipinski definition) is 0. The van der Waals surface area contributed by atoms with Crippen molar-refractivity contribution in [2.75, 3.05) is 0 Å². The summed E-state index contributed by atoms with van der Waals surface area (Å²) in [7, 11) is 0. The molecule has 1 aliphatic rings. The summed E-state index contributed by atoms with van der Waals surface area (Å²) in [4.78, 5) is 0. The molecule has 3 aromatic carbocycles. The number of allylic oxidation sites excluding steroid dienone is 3. The lowest BCUT2D eigenvalue weighted by Gasteiger charge is -2.22. The molecule has 47 heavy (non-hydrogen) atoms. The monoisotopic (exact) mass is 666 g/mol. The van der Waals surface area contributed by atoms with Crippen LogP contribution < -0.4 is 4.74 Å². The fourth-order valence-electron chi connectivity index (χ4n) is 4.42. The van der Waals surface area contributed by atoms with Crippen molar-refractivity contribution in [1.82, 2.24) is 0 Å². The second kappa shape index (κ2) is 14.7. The Morgan fingerprint density at radius 2 is 1.45 bits per heavy atom. The number of aryl methyl sites for hydroxylation is 1. The molecule has 0 N–H and O–H groups in total. The zero-order valence-electron chi connectivity index (χ0n) is 24.5. The Hall–Kier alpha value is -4.84. The Morgan fingerprint density at radius 3 is 2.06 bits per heavy atom. The highest BCUT2D eigenvalue weighted by Gasteiger charge is 2.39. The van der Waals surface area contributed by atoms with Crippen LogP contribution in [0.3, 0.4) is 0 Å². The molecule has 2 nitrogen and oxygen atoms in total. The van der Waals surface area contributed by atoms with E-state index in [9.17, 15) is 43.9 Å². The lowest BCUT2D eigenvalue weighted by molar-refractivity contribution is -0.276. The number of unbranched alkanes of at least 4 members (excludes halogenated alkanes) is 2. The summed E-state index contributed by atoms with van der Waals surface area (Å²) in [5.41, 5.74) is -0.979. The summed E-state index contributed by atoms with van der Waals surface area (Å²) in [6.07, 6.45) is -4.50. The third-order valence-electron chi connectivity index (χ3n) is 6.75. The molecular formula is C35H24F10O2. The van der Waals surface area contributed by atoms with Crippen LogP contribution in [0, 0.1) is 52.9 Å². The molecule has 12 heteroatoms. The van der Waals surface area contributed by atoms with Crippen molar-refractivity contribution in [3.8, 4) is 29.4 Å². The minimum atomic E-state index is -5.32. The maximum atomic E-state index is 14.8. The van der Waals surface area contributed by atoms with E-state index in [-0.39, 0.29) is 17.5 Å². The molecule has 246 valence electrons. The summed E-state index contributed by atoms with van der Waals surface area (Å²) < 4.78 is 146. The van der Waals surface area contributed by atoms with Crippen LogP contribution in [-0.2, 0) is 17.3 Å². The van der Waals surface area contributed by atoms with E-state index >= 15 is 0 Å². The third-order valence-corrected chi connectivity index (χ3v) is 6.75. The molecular weight excluding hydrogens is 642 g/mol. The predicted octanol–water partition coefficient (Wildman–Crippen LogP) is 10.1. The van der Waals surface area contributed by atoms with Gasteiger partial charge in [-0.2, -0.15) is 8.78 Å². The first-order valence-corrected chi connectivity index (χ1v) is 14.2. The summed E-state index contributed by atoms with van der Waals surface area (Å²) >= 11 is 0. The van der Waals surface area contributed by atoms with Crippen molar-refractivity contribution in [1.29, 1.82) is 0 Å². The van der Waals surface area contributed by atoms with Gasteiger partial charge in [-0.1, -0.05) is 49.5 Å². The summed E-state index contributed by atoms with van der Waals surface area (Å²) in [5.74, 6) is 0.0861. The first-order chi connectivity index (χ1) is 22.1. The molecule has 0 heterocycles. The molecule has 1 atom stereocenters. The van der Waals surface area contributed by atoms with E-state index in [1.54, 1.807) is 0 Å². The van der Waals surface area contributed by atoms with Gasteiger partial charge in [0.15, 0.2) is 11.6 Å². The zero-order chi connectivity index (χ0) is 34.4. The van der Waals surface area contributed by atoms with Gasteiger partial charge in [0.1, 0.15) is 23.2 Å².